The number of rotatable bonds is 2. The first kappa shape index (κ1) is 8.55. The molecule has 0 radical (unpaired) electrons. The van der Waals surface area contributed by atoms with Gasteiger partial charge in [-0.25, -0.2) is 0 Å². The third kappa shape index (κ3) is 2.22. The van der Waals surface area contributed by atoms with Crippen molar-refractivity contribution in [3.63, 3.8) is 0 Å². The van der Waals surface area contributed by atoms with E-state index in [1.54, 1.807) is 0 Å². The zero-order valence-electron chi connectivity index (χ0n) is 8.47. The van der Waals surface area contributed by atoms with Crippen molar-refractivity contribution in [2.45, 2.75) is 39.5 Å². The molecule has 1 nitrogen and oxygen atoms in total. The molecule has 0 N–H and O–H groups in total. The standard InChI is InChI=1S/C11H21N/c1-11(2)6-3-7-12(9-11)8-10-4-5-10/h10H,3-9H2,1-2H3. The number of hydrogen-bond donors (Lipinski definition) is 0. The third-order valence-electron chi connectivity index (χ3n) is 3.19. The van der Waals surface area contributed by atoms with E-state index in [1.165, 1.54) is 45.3 Å². The molecule has 0 amide bonds. The Bertz CT molecular complexity index is 158. The second kappa shape index (κ2) is 3.02. The van der Waals surface area contributed by atoms with Crippen LogP contribution in [0.3, 0.4) is 0 Å². The van der Waals surface area contributed by atoms with Crippen LogP contribution in [0.1, 0.15) is 39.5 Å². The van der Waals surface area contributed by atoms with Gasteiger partial charge in [-0.3, -0.25) is 0 Å². The van der Waals surface area contributed by atoms with E-state index in [1.807, 2.05) is 0 Å². The molecule has 0 aromatic heterocycles. The van der Waals surface area contributed by atoms with Crippen molar-refractivity contribution in [2.24, 2.45) is 11.3 Å². The first-order valence-electron chi connectivity index (χ1n) is 5.38. The van der Waals surface area contributed by atoms with E-state index in [0.29, 0.717) is 5.41 Å². The lowest BCUT2D eigenvalue weighted by Crippen LogP contribution is -2.40. The summed E-state index contributed by atoms with van der Waals surface area (Å²) in [4.78, 5) is 2.68. The summed E-state index contributed by atoms with van der Waals surface area (Å²) in [6.07, 6.45) is 5.84. The fraction of sp³-hybridized carbons (Fsp3) is 1.00. The van der Waals surface area contributed by atoms with Gasteiger partial charge in [0.05, 0.1) is 0 Å². The maximum Gasteiger partial charge on any atom is 0.00328 e. The molecule has 0 spiro atoms. The largest absolute Gasteiger partial charge is 0.303 e. The Morgan fingerprint density at radius 2 is 2.08 bits per heavy atom. The molecule has 1 aliphatic carbocycles. The Labute approximate surface area is 76.1 Å². The maximum absolute atomic E-state index is 2.68. The van der Waals surface area contributed by atoms with Gasteiger partial charge in [-0.1, -0.05) is 13.8 Å². The molecule has 0 aromatic carbocycles. The molecule has 1 aliphatic heterocycles. The highest BCUT2D eigenvalue weighted by Gasteiger charge is 2.30. The van der Waals surface area contributed by atoms with E-state index in [9.17, 15) is 0 Å². The highest BCUT2D eigenvalue weighted by molar-refractivity contribution is 4.84. The van der Waals surface area contributed by atoms with Gasteiger partial charge in [0.1, 0.15) is 0 Å². The number of hydrogen-bond acceptors (Lipinski definition) is 1. The summed E-state index contributed by atoms with van der Waals surface area (Å²) < 4.78 is 0. The van der Waals surface area contributed by atoms with Crippen LogP contribution in [-0.4, -0.2) is 24.5 Å². The molecule has 0 unspecified atom stereocenters. The van der Waals surface area contributed by atoms with Gasteiger partial charge in [0.15, 0.2) is 0 Å². The monoisotopic (exact) mass is 167 g/mol. The third-order valence-corrected chi connectivity index (χ3v) is 3.19. The van der Waals surface area contributed by atoms with Crippen LogP contribution < -0.4 is 0 Å². The Hall–Kier alpha value is -0.0400. The number of piperidine rings is 1. The first-order valence-corrected chi connectivity index (χ1v) is 5.38. The molecular formula is C11H21N. The van der Waals surface area contributed by atoms with Gasteiger partial charge < -0.3 is 4.90 Å². The minimum Gasteiger partial charge on any atom is -0.303 e. The lowest BCUT2D eigenvalue weighted by Gasteiger charge is -2.38. The van der Waals surface area contributed by atoms with E-state index >= 15 is 0 Å². The van der Waals surface area contributed by atoms with E-state index in [0.717, 1.165) is 5.92 Å². The molecule has 2 fully saturated rings. The van der Waals surface area contributed by atoms with Crippen molar-refractivity contribution in [2.75, 3.05) is 19.6 Å². The Morgan fingerprint density at radius 3 is 2.67 bits per heavy atom. The van der Waals surface area contributed by atoms with E-state index in [4.69, 9.17) is 0 Å². The second-order valence-electron chi connectivity index (χ2n) is 5.45. The summed E-state index contributed by atoms with van der Waals surface area (Å²) >= 11 is 0. The molecule has 0 atom stereocenters. The lowest BCUT2D eigenvalue weighted by atomic mass is 9.84. The molecular weight excluding hydrogens is 146 g/mol. The molecule has 1 heteroatoms. The van der Waals surface area contributed by atoms with Crippen LogP contribution in [0.15, 0.2) is 0 Å². The molecule has 2 aliphatic rings. The fourth-order valence-electron chi connectivity index (χ4n) is 2.37. The zero-order chi connectivity index (χ0) is 8.60. The van der Waals surface area contributed by atoms with Crippen LogP contribution in [-0.2, 0) is 0 Å². The van der Waals surface area contributed by atoms with Crippen LogP contribution in [0.5, 0.6) is 0 Å². The maximum atomic E-state index is 2.68. The lowest BCUT2D eigenvalue weighted by molar-refractivity contribution is 0.113. The van der Waals surface area contributed by atoms with Crippen molar-refractivity contribution in [1.82, 2.24) is 4.90 Å². The van der Waals surface area contributed by atoms with Gasteiger partial charge in [0.25, 0.3) is 0 Å². The Kier molecular flexibility index (Phi) is 2.16. The SMILES string of the molecule is CC1(C)CCCN(CC2CC2)C1. The zero-order valence-corrected chi connectivity index (χ0v) is 8.47. The van der Waals surface area contributed by atoms with Crippen molar-refractivity contribution in [3.05, 3.63) is 0 Å². The van der Waals surface area contributed by atoms with Crippen molar-refractivity contribution >= 4 is 0 Å². The topological polar surface area (TPSA) is 3.24 Å². The molecule has 12 heavy (non-hydrogen) atoms. The highest BCUT2D eigenvalue weighted by atomic mass is 15.1. The van der Waals surface area contributed by atoms with E-state index < -0.39 is 0 Å². The van der Waals surface area contributed by atoms with Crippen molar-refractivity contribution < 1.29 is 0 Å². The highest BCUT2D eigenvalue weighted by Crippen LogP contribution is 2.34. The Morgan fingerprint density at radius 1 is 1.33 bits per heavy atom. The smallest absolute Gasteiger partial charge is 0.00328 e. The van der Waals surface area contributed by atoms with Gasteiger partial charge in [0.2, 0.25) is 0 Å². The van der Waals surface area contributed by atoms with Crippen LogP contribution >= 0.6 is 0 Å². The van der Waals surface area contributed by atoms with Crippen molar-refractivity contribution in [3.8, 4) is 0 Å². The molecule has 1 saturated carbocycles. The summed E-state index contributed by atoms with van der Waals surface area (Å²) in [6.45, 7) is 8.91. The van der Waals surface area contributed by atoms with Crippen LogP contribution in [0.25, 0.3) is 0 Å². The summed E-state index contributed by atoms with van der Waals surface area (Å²) in [6, 6.07) is 0. The average molecular weight is 167 g/mol. The van der Waals surface area contributed by atoms with Crippen LogP contribution in [0.2, 0.25) is 0 Å². The predicted molar refractivity (Wildman–Crippen MR) is 52.2 cm³/mol. The van der Waals surface area contributed by atoms with Gasteiger partial charge in [0, 0.05) is 13.1 Å². The molecule has 1 saturated heterocycles. The van der Waals surface area contributed by atoms with Crippen LogP contribution in [0.4, 0.5) is 0 Å². The van der Waals surface area contributed by atoms with Gasteiger partial charge in [-0.2, -0.15) is 0 Å². The average Bonchev–Trinajstić information content (AvgIpc) is 2.69. The number of nitrogens with zero attached hydrogens (tertiary/aromatic N) is 1. The fourth-order valence-corrected chi connectivity index (χ4v) is 2.37. The van der Waals surface area contributed by atoms with Crippen LogP contribution in [0, 0.1) is 11.3 Å². The molecule has 0 aromatic rings. The first-order chi connectivity index (χ1) is 5.66. The summed E-state index contributed by atoms with van der Waals surface area (Å²) in [5.41, 5.74) is 0.590. The molecule has 70 valence electrons. The van der Waals surface area contributed by atoms with Gasteiger partial charge in [-0.05, 0) is 43.6 Å². The number of likely N-dealkylation sites (tertiary alicyclic amines) is 1. The molecule has 0 bridgehead atoms. The van der Waals surface area contributed by atoms with E-state index in [-0.39, 0.29) is 0 Å². The summed E-state index contributed by atoms with van der Waals surface area (Å²) in [5, 5.41) is 0. The van der Waals surface area contributed by atoms with Crippen molar-refractivity contribution in [1.29, 1.82) is 0 Å². The van der Waals surface area contributed by atoms with Gasteiger partial charge in [-0.15, -0.1) is 0 Å². The van der Waals surface area contributed by atoms with E-state index in [2.05, 4.69) is 18.7 Å². The Balaban J connectivity index is 1.81. The summed E-state index contributed by atoms with van der Waals surface area (Å²) in [7, 11) is 0. The second-order valence-corrected chi connectivity index (χ2v) is 5.45. The summed E-state index contributed by atoms with van der Waals surface area (Å²) in [5.74, 6) is 1.07. The predicted octanol–water partition coefficient (Wildman–Crippen LogP) is 2.52. The minimum absolute atomic E-state index is 0.590. The molecule has 1 heterocycles. The minimum atomic E-state index is 0.590. The normalized spacial score (nSPS) is 30.5. The van der Waals surface area contributed by atoms with Gasteiger partial charge >= 0.3 is 0 Å². The molecule has 2 rings (SSSR count). The quantitative estimate of drug-likeness (QED) is 0.611.